The van der Waals surface area contributed by atoms with E-state index in [9.17, 15) is 39.2 Å². The molecule has 0 aliphatic carbocycles. The summed E-state index contributed by atoms with van der Waals surface area (Å²) in [6.45, 7) is 3.50. The van der Waals surface area contributed by atoms with Gasteiger partial charge in [-0.15, -0.1) is 0 Å². The number of rotatable bonds is 6. The molecule has 0 bridgehead atoms. The van der Waals surface area contributed by atoms with Crippen LogP contribution in [0.25, 0.3) is 5.57 Å². The van der Waals surface area contributed by atoms with Gasteiger partial charge in [-0.2, -0.15) is 31.4 Å². The van der Waals surface area contributed by atoms with Crippen molar-refractivity contribution in [3.63, 3.8) is 0 Å². The van der Waals surface area contributed by atoms with Crippen LogP contribution in [0.2, 0.25) is 0 Å². The maximum atomic E-state index is 14.6. The highest BCUT2D eigenvalue weighted by molar-refractivity contribution is 7.89. The monoisotopic (exact) mass is 563 g/mol. The summed E-state index contributed by atoms with van der Waals surface area (Å²) in [6, 6.07) is 7.36. The lowest BCUT2D eigenvalue weighted by atomic mass is 9.93. The van der Waals surface area contributed by atoms with Gasteiger partial charge < -0.3 is 0 Å². The number of benzene rings is 2. The van der Waals surface area contributed by atoms with Crippen LogP contribution in [0.5, 0.6) is 0 Å². The average molecular weight is 564 g/mol. The fourth-order valence-corrected chi connectivity index (χ4v) is 5.62. The number of hydrazone groups is 1. The summed E-state index contributed by atoms with van der Waals surface area (Å²) in [5, 5.41) is 3.59. The average Bonchev–Trinajstić information content (AvgIpc) is 3.29. The molecule has 2 aliphatic rings. The Labute approximate surface area is 215 Å². The number of hydrogen-bond acceptors (Lipinski definition) is 4. The summed E-state index contributed by atoms with van der Waals surface area (Å²) < 4.78 is 122. The molecule has 2 aromatic carbocycles. The first-order chi connectivity index (χ1) is 17.6. The van der Waals surface area contributed by atoms with Crippen molar-refractivity contribution in [1.29, 1.82) is 0 Å². The molecule has 0 saturated heterocycles. The third-order valence-corrected chi connectivity index (χ3v) is 8.80. The normalized spacial score (nSPS) is 19.6. The Morgan fingerprint density at radius 3 is 2.32 bits per heavy atom. The second kappa shape index (κ2) is 9.99. The molecule has 0 saturated carbocycles. The molecule has 13 heteroatoms. The molecule has 2 aromatic rings. The van der Waals surface area contributed by atoms with Gasteiger partial charge in [0.2, 0.25) is 10.0 Å². The largest absolute Gasteiger partial charge is 0.459 e. The number of nitrogens with zero attached hydrogens (tertiary/aromatic N) is 3. The number of halogens is 7. The molecule has 0 spiro atoms. The molecule has 1 atom stereocenters. The molecular formula is C25H24F7N3O2S. The first-order valence-electron chi connectivity index (χ1n) is 11.7. The van der Waals surface area contributed by atoms with Gasteiger partial charge in [0.15, 0.2) is 5.82 Å². The Morgan fingerprint density at radius 2 is 1.74 bits per heavy atom. The van der Waals surface area contributed by atoms with Crippen LogP contribution in [0.1, 0.15) is 43.9 Å². The second-order valence-electron chi connectivity index (χ2n) is 9.34. The third-order valence-electron chi connectivity index (χ3n) is 6.56. The van der Waals surface area contributed by atoms with E-state index in [1.165, 1.54) is 10.4 Å². The summed E-state index contributed by atoms with van der Waals surface area (Å²) in [7, 11) is -3.46. The predicted octanol–water partition coefficient (Wildman–Crippen LogP) is 6.30. The standard InChI is InChI=1S/C25H24F7N3O2S/c1-15(2)38(36,37)34-10-8-16(9-11-34)17-4-3-5-18(12-17)22-14-23(24(28,29)25(30,31)32)33-35(22)21-7-6-19(26)13-20(21)27/h3-8,12-13,15,22H,9-11,14H2,1-2H3. The number of hydrogen-bond donors (Lipinski definition) is 0. The van der Waals surface area contributed by atoms with Crippen LogP contribution in [0.15, 0.2) is 53.6 Å². The minimum Gasteiger partial charge on any atom is -0.255 e. The van der Waals surface area contributed by atoms with E-state index < -0.39 is 62.9 Å². The number of anilines is 1. The molecule has 2 heterocycles. The zero-order valence-corrected chi connectivity index (χ0v) is 21.1. The van der Waals surface area contributed by atoms with Gasteiger partial charge in [0.05, 0.1) is 17.0 Å². The van der Waals surface area contributed by atoms with Crippen molar-refractivity contribution in [2.45, 2.75) is 50.1 Å². The first kappa shape index (κ1) is 28.1. The van der Waals surface area contributed by atoms with Crippen molar-refractivity contribution in [2.75, 3.05) is 18.1 Å². The van der Waals surface area contributed by atoms with Crippen molar-refractivity contribution < 1.29 is 39.2 Å². The van der Waals surface area contributed by atoms with E-state index in [4.69, 9.17) is 0 Å². The summed E-state index contributed by atoms with van der Waals surface area (Å²) in [5.74, 6) is -7.38. The lowest BCUT2D eigenvalue weighted by Crippen LogP contribution is -2.43. The van der Waals surface area contributed by atoms with Crippen LogP contribution in [-0.4, -0.2) is 48.9 Å². The van der Waals surface area contributed by atoms with Gasteiger partial charge in [-0.25, -0.2) is 17.2 Å². The quantitative estimate of drug-likeness (QED) is 0.388. The van der Waals surface area contributed by atoms with Crippen LogP contribution in [-0.2, 0) is 10.0 Å². The maximum Gasteiger partial charge on any atom is 0.459 e. The smallest absolute Gasteiger partial charge is 0.255 e. The van der Waals surface area contributed by atoms with Crippen LogP contribution in [0.3, 0.4) is 0 Å². The zero-order valence-electron chi connectivity index (χ0n) is 20.3. The summed E-state index contributed by atoms with van der Waals surface area (Å²) in [5.41, 5.74) is -0.293. The molecule has 0 fully saturated rings. The Morgan fingerprint density at radius 1 is 1.03 bits per heavy atom. The Balaban J connectivity index is 1.70. The van der Waals surface area contributed by atoms with Crippen molar-refractivity contribution in [3.05, 3.63) is 71.3 Å². The topological polar surface area (TPSA) is 53.0 Å². The Hall–Kier alpha value is -2.93. The van der Waals surface area contributed by atoms with Gasteiger partial charge >= 0.3 is 12.1 Å². The number of alkyl halides is 5. The molecule has 1 unspecified atom stereocenters. The minimum atomic E-state index is -5.91. The fraction of sp³-hybridized carbons (Fsp3) is 0.400. The van der Waals surface area contributed by atoms with E-state index in [0.717, 1.165) is 22.7 Å². The molecule has 0 amide bonds. The van der Waals surface area contributed by atoms with Gasteiger partial charge in [-0.3, -0.25) is 5.01 Å². The van der Waals surface area contributed by atoms with Crippen LogP contribution in [0.4, 0.5) is 36.4 Å². The van der Waals surface area contributed by atoms with Gasteiger partial charge in [0.1, 0.15) is 11.5 Å². The highest BCUT2D eigenvalue weighted by Crippen LogP contribution is 2.45. The molecule has 4 rings (SSSR count). The van der Waals surface area contributed by atoms with Gasteiger partial charge in [0, 0.05) is 25.6 Å². The van der Waals surface area contributed by atoms with Gasteiger partial charge in [-0.1, -0.05) is 24.3 Å². The summed E-state index contributed by atoms with van der Waals surface area (Å²) in [4.78, 5) is 0. The van der Waals surface area contributed by atoms with Crippen molar-refractivity contribution in [1.82, 2.24) is 4.31 Å². The summed E-state index contributed by atoms with van der Waals surface area (Å²) in [6.07, 6.45) is -4.70. The van der Waals surface area contributed by atoms with Crippen LogP contribution >= 0.6 is 0 Å². The first-order valence-corrected chi connectivity index (χ1v) is 13.2. The van der Waals surface area contributed by atoms with E-state index in [0.29, 0.717) is 18.1 Å². The highest BCUT2D eigenvalue weighted by atomic mass is 32.2. The van der Waals surface area contributed by atoms with E-state index in [1.54, 1.807) is 38.1 Å². The van der Waals surface area contributed by atoms with Crippen molar-refractivity contribution >= 4 is 27.0 Å². The molecule has 5 nitrogen and oxygen atoms in total. The summed E-state index contributed by atoms with van der Waals surface area (Å²) >= 11 is 0. The van der Waals surface area contributed by atoms with E-state index in [2.05, 4.69) is 5.10 Å². The predicted molar refractivity (Wildman–Crippen MR) is 129 cm³/mol. The third kappa shape index (κ3) is 5.18. The molecule has 2 aliphatic heterocycles. The maximum absolute atomic E-state index is 14.6. The van der Waals surface area contributed by atoms with E-state index in [-0.39, 0.29) is 18.7 Å². The van der Waals surface area contributed by atoms with Gasteiger partial charge in [0.25, 0.3) is 0 Å². The molecule has 206 valence electrons. The van der Waals surface area contributed by atoms with Crippen LogP contribution < -0.4 is 5.01 Å². The molecule has 0 aromatic heterocycles. The van der Waals surface area contributed by atoms with E-state index >= 15 is 0 Å². The van der Waals surface area contributed by atoms with E-state index in [1.807, 2.05) is 0 Å². The molecular weight excluding hydrogens is 539 g/mol. The fourth-order valence-electron chi connectivity index (χ4n) is 4.40. The minimum absolute atomic E-state index is 0.126. The zero-order chi connectivity index (χ0) is 28.0. The number of sulfonamides is 1. The van der Waals surface area contributed by atoms with Crippen molar-refractivity contribution in [2.24, 2.45) is 5.10 Å². The van der Waals surface area contributed by atoms with Gasteiger partial charge in [-0.05, 0) is 55.2 Å². The molecule has 0 radical (unpaired) electrons. The SMILES string of the molecule is CC(C)S(=O)(=O)N1CC=C(c2cccc(C3CC(C(F)(F)C(F)(F)F)=NN3c3ccc(F)cc3F)c2)CC1. The molecule has 0 N–H and O–H groups in total. The van der Waals surface area contributed by atoms with Crippen molar-refractivity contribution in [3.8, 4) is 0 Å². The lowest BCUT2D eigenvalue weighted by molar-refractivity contribution is -0.249. The Bertz CT molecular complexity index is 1390. The highest BCUT2D eigenvalue weighted by Gasteiger charge is 2.63. The second-order valence-corrected chi connectivity index (χ2v) is 11.8. The Kier molecular flexibility index (Phi) is 7.38. The lowest BCUT2D eigenvalue weighted by Gasteiger charge is -2.28. The van der Waals surface area contributed by atoms with Crippen LogP contribution in [0, 0.1) is 11.6 Å². The molecule has 38 heavy (non-hydrogen) atoms.